The maximum absolute atomic E-state index is 12.3. The first-order valence-electron chi connectivity index (χ1n) is 8.34. The Morgan fingerprint density at radius 2 is 1.68 bits per heavy atom. The molecule has 0 aromatic heterocycles. The van der Waals surface area contributed by atoms with Crippen molar-refractivity contribution in [3.05, 3.63) is 59.7 Å². The van der Waals surface area contributed by atoms with Gasteiger partial charge in [0, 0.05) is 6.54 Å². The van der Waals surface area contributed by atoms with E-state index in [4.69, 9.17) is 9.47 Å². The predicted molar refractivity (Wildman–Crippen MR) is 98.9 cm³/mol. The Hall–Kier alpha value is -2.69. The summed E-state index contributed by atoms with van der Waals surface area (Å²) in [5.41, 5.74) is 2.03. The molecule has 2 aromatic carbocycles. The van der Waals surface area contributed by atoms with Crippen molar-refractivity contribution in [2.24, 2.45) is 5.92 Å². The highest BCUT2D eigenvalue weighted by Gasteiger charge is 2.18. The van der Waals surface area contributed by atoms with Crippen LogP contribution in [-0.4, -0.2) is 20.3 Å². The number of carbonyl (C=O) groups excluding carboxylic acids is 1. The van der Waals surface area contributed by atoms with Gasteiger partial charge in [0.15, 0.2) is 0 Å². The van der Waals surface area contributed by atoms with Crippen LogP contribution in [0.1, 0.15) is 31.0 Å². The van der Waals surface area contributed by atoms with E-state index in [0.29, 0.717) is 6.54 Å². The molecule has 1 atom stereocenters. The number of rotatable bonds is 7. The van der Waals surface area contributed by atoms with Gasteiger partial charge in [-0.3, -0.25) is 0 Å². The average Bonchev–Trinajstić information content (AvgIpc) is 2.64. The number of amides is 2. The van der Waals surface area contributed by atoms with E-state index in [9.17, 15) is 4.79 Å². The smallest absolute Gasteiger partial charge is 0.315 e. The number of ether oxygens (including phenoxy) is 2. The van der Waals surface area contributed by atoms with Gasteiger partial charge in [0.25, 0.3) is 0 Å². The molecule has 0 spiro atoms. The van der Waals surface area contributed by atoms with Gasteiger partial charge >= 0.3 is 6.03 Å². The number of carbonyl (C=O) groups is 1. The highest BCUT2D eigenvalue weighted by Crippen LogP contribution is 2.23. The zero-order valence-electron chi connectivity index (χ0n) is 15.2. The Labute approximate surface area is 149 Å². The van der Waals surface area contributed by atoms with Gasteiger partial charge in [0.05, 0.1) is 20.3 Å². The largest absolute Gasteiger partial charge is 0.497 e. The maximum atomic E-state index is 12.3. The molecule has 5 heteroatoms. The molecule has 0 saturated heterocycles. The number of hydrogen-bond acceptors (Lipinski definition) is 3. The fraction of sp³-hybridized carbons (Fsp3) is 0.350. The SMILES string of the molecule is COc1ccc(C(NC(=O)NCc2cccc(OC)c2)C(C)C)cc1. The van der Waals surface area contributed by atoms with Crippen molar-refractivity contribution >= 4 is 6.03 Å². The first-order chi connectivity index (χ1) is 12.0. The van der Waals surface area contributed by atoms with E-state index in [0.717, 1.165) is 22.6 Å². The lowest BCUT2D eigenvalue weighted by atomic mass is 9.96. The number of urea groups is 1. The molecule has 5 nitrogen and oxygen atoms in total. The van der Waals surface area contributed by atoms with E-state index in [1.54, 1.807) is 14.2 Å². The van der Waals surface area contributed by atoms with Crippen LogP contribution in [0.4, 0.5) is 4.79 Å². The highest BCUT2D eigenvalue weighted by atomic mass is 16.5. The van der Waals surface area contributed by atoms with E-state index in [1.807, 2.05) is 48.5 Å². The summed E-state index contributed by atoms with van der Waals surface area (Å²) in [5.74, 6) is 1.84. The summed E-state index contributed by atoms with van der Waals surface area (Å²) >= 11 is 0. The predicted octanol–water partition coefficient (Wildman–Crippen LogP) is 3.90. The standard InChI is InChI=1S/C20H26N2O3/c1-14(2)19(16-8-10-17(24-3)11-9-16)22-20(23)21-13-15-6-5-7-18(12-15)25-4/h5-12,14,19H,13H2,1-4H3,(H2,21,22,23). The van der Waals surface area contributed by atoms with Crippen molar-refractivity contribution in [1.82, 2.24) is 10.6 Å². The lowest BCUT2D eigenvalue weighted by Crippen LogP contribution is -2.39. The van der Waals surface area contributed by atoms with E-state index in [2.05, 4.69) is 24.5 Å². The summed E-state index contributed by atoms with van der Waals surface area (Å²) < 4.78 is 10.4. The lowest BCUT2D eigenvalue weighted by molar-refractivity contribution is 0.232. The third kappa shape index (κ3) is 5.41. The van der Waals surface area contributed by atoms with Gasteiger partial charge in [0.2, 0.25) is 0 Å². The molecule has 0 radical (unpaired) electrons. The van der Waals surface area contributed by atoms with Gasteiger partial charge in [-0.1, -0.05) is 38.1 Å². The maximum Gasteiger partial charge on any atom is 0.315 e. The van der Waals surface area contributed by atoms with Crippen LogP contribution in [0.3, 0.4) is 0 Å². The monoisotopic (exact) mass is 342 g/mol. The minimum absolute atomic E-state index is 0.0729. The van der Waals surface area contributed by atoms with Crippen LogP contribution in [0.25, 0.3) is 0 Å². The molecule has 2 amide bonds. The van der Waals surface area contributed by atoms with E-state index in [1.165, 1.54) is 0 Å². The fourth-order valence-corrected chi connectivity index (χ4v) is 2.60. The van der Waals surface area contributed by atoms with Crippen molar-refractivity contribution in [3.63, 3.8) is 0 Å². The van der Waals surface area contributed by atoms with Crippen molar-refractivity contribution in [3.8, 4) is 11.5 Å². The Balaban J connectivity index is 1.97. The molecule has 2 aromatic rings. The number of methoxy groups -OCH3 is 2. The van der Waals surface area contributed by atoms with Crippen LogP contribution >= 0.6 is 0 Å². The normalized spacial score (nSPS) is 11.7. The topological polar surface area (TPSA) is 59.6 Å². The zero-order chi connectivity index (χ0) is 18.2. The van der Waals surface area contributed by atoms with Crippen molar-refractivity contribution < 1.29 is 14.3 Å². The molecule has 0 aliphatic heterocycles. The molecule has 0 aliphatic rings. The average molecular weight is 342 g/mol. The molecule has 0 fully saturated rings. The van der Waals surface area contributed by atoms with Crippen molar-refractivity contribution in [1.29, 1.82) is 0 Å². The molecule has 2 rings (SSSR count). The minimum Gasteiger partial charge on any atom is -0.497 e. The Bertz CT molecular complexity index is 684. The van der Waals surface area contributed by atoms with Crippen molar-refractivity contribution in [2.75, 3.05) is 14.2 Å². The van der Waals surface area contributed by atoms with Gasteiger partial charge in [-0.15, -0.1) is 0 Å². The summed E-state index contributed by atoms with van der Waals surface area (Å²) in [4.78, 5) is 12.3. The molecule has 0 aliphatic carbocycles. The molecule has 0 heterocycles. The molecule has 0 saturated carbocycles. The Morgan fingerprint density at radius 3 is 2.28 bits per heavy atom. The van der Waals surface area contributed by atoms with Crippen LogP contribution < -0.4 is 20.1 Å². The molecule has 25 heavy (non-hydrogen) atoms. The molecular formula is C20H26N2O3. The lowest BCUT2D eigenvalue weighted by Gasteiger charge is -2.23. The van der Waals surface area contributed by atoms with E-state index >= 15 is 0 Å². The Morgan fingerprint density at radius 1 is 1.00 bits per heavy atom. The second-order valence-corrected chi connectivity index (χ2v) is 6.17. The first kappa shape index (κ1) is 18.6. The van der Waals surface area contributed by atoms with E-state index < -0.39 is 0 Å². The molecular weight excluding hydrogens is 316 g/mol. The summed E-state index contributed by atoms with van der Waals surface area (Å²) in [6.45, 7) is 4.60. The minimum atomic E-state index is -0.197. The fourth-order valence-electron chi connectivity index (χ4n) is 2.60. The van der Waals surface area contributed by atoms with E-state index in [-0.39, 0.29) is 18.0 Å². The third-order valence-electron chi connectivity index (χ3n) is 4.02. The quantitative estimate of drug-likeness (QED) is 0.802. The molecule has 0 bridgehead atoms. The number of nitrogens with one attached hydrogen (secondary N) is 2. The van der Waals surface area contributed by atoms with Gasteiger partial charge in [-0.25, -0.2) is 4.79 Å². The zero-order valence-corrected chi connectivity index (χ0v) is 15.2. The van der Waals surface area contributed by atoms with Crippen LogP contribution in [0, 0.1) is 5.92 Å². The Kier molecular flexibility index (Phi) is 6.69. The summed E-state index contributed by atoms with van der Waals surface area (Å²) in [6.07, 6.45) is 0. The van der Waals surface area contributed by atoms with Crippen LogP contribution in [-0.2, 0) is 6.54 Å². The summed E-state index contributed by atoms with van der Waals surface area (Å²) in [5, 5.41) is 5.94. The van der Waals surface area contributed by atoms with Gasteiger partial charge in [-0.2, -0.15) is 0 Å². The molecule has 134 valence electrons. The second kappa shape index (κ2) is 8.97. The van der Waals surface area contributed by atoms with Crippen LogP contribution in [0.5, 0.6) is 11.5 Å². The second-order valence-electron chi connectivity index (χ2n) is 6.17. The molecule has 2 N–H and O–H groups in total. The van der Waals surface area contributed by atoms with Crippen LogP contribution in [0.15, 0.2) is 48.5 Å². The van der Waals surface area contributed by atoms with Gasteiger partial charge in [0.1, 0.15) is 11.5 Å². The number of hydrogen-bond donors (Lipinski definition) is 2. The van der Waals surface area contributed by atoms with Gasteiger partial charge < -0.3 is 20.1 Å². The highest BCUT2D eigenvalue weighted by molar-refractivity contribution is 5.74. The summed E-state index contributed by atoms with van der Waals surface area (Å²) in [6, 6.07) is 15.1. The first-order valence-corrected chi connectivity index (χ1v) is 8.34. The third-order valence-corrected chi connectivity index (χ3v) is 4.02. The van der Waals surface area contributed by atoms with Gasteiger partial charge in [-0.05, 0) is 41.3 Å². The molecule has 1 unspecified atom stereocenters. The number of benzene rings is 2. The summed E-state index contributed by atoms with van der Waals surface area (Å²) in [7, 11) is 3.26. The van der Waals surface area contributed by atoms with Crippen LogP contribution in [0.2, 0.25) is 0 Å². The van der Waals surface area contributed by atoms with Crippen molar-refractivity contribution in [2.45, 2.75) is 26.4 Å².